The molecule has 2 aliphatic heterocycles. The summed E-state index contributed by atoms with van der Waals surface area (Å²) in [7, 11) is 0. The highest BCUT2D eigenvalue weighted by atomic mass is 16.5. The predicted molar refractivity (Wildman–Crippen MR) is 89.6 cm³/mol. The van der Waals surface area contributed by atoms with Crippen molar-refractivity contribution < 1.29 is 9.15 Å². The van der Waals surface area contributed by atoms with Gasteiger partial charge in [-0.3, -0.25) is 0 Å². The lowest BCUT2D eigenvalue weighted by Gasteiger charge is -2.27. The monoisotopic (exact) mass is 340 g/mol. The molecule has 2 aliphatic rings. The zero-order valence-corrected chi connectivity index (χ0v) is 14.2. The Bertz CT molecular complexity index is 911. The van der Waals surface area contributed by atoms with Crippen molar-refractivity contribution in [3.8, 4) is 0 Å². The molecule has 5 rings (SSSR count). The minimum Gasteiger partial charge on any atom is -0.445 e. The topological polar surface area (TPSA) is 81.6 Å². The third-order valence-electron chi connectivity index (χ3n) is 5.03. The SMILES string of the molecule is CCc1cc(N2CCc3oc(C4CCOC4)nc3C2)c2nncn2n1. The number of oxazole rings is 1. The van der Waals surface area contributed by atoms with Crippen molar-refractivity contribution in [3.63, 3.8) is 0 Å². The molecule has 3 aromatic rings. The Morgan fingerprint density at radius 1 is 1.36 bits per heavy atom. The van der Waals surface area contributed by atoms with Gasteiger partial charge in [0.05, 0.1) is 30.5 Å². The summed E-state index contributed by atoms with van der Waals surface area (Å²) in [5.41, 5.74) is 3.90. The fourth-order valence-corrected chi connectivity index (χ4v) is 3.59. The van der Waals surface area contributed by atoms with Gasteiger partial charge in [0.25, 0.3) is 0 Å². The van der Waals surface area contributed by atoms with E-state index >= 15 is 0 Å². The minimum absolute atomic E-state index is 0.301. The molecule has 0 spiro atoms. The number of aromatic nitrogens is 5. The molecule has 1 saturated heterocycles. The first-order valence-corrected chi connectivity index (χ1v) is 8.83. The maximum Gasteiger partial charge on any atom is 0.200 e. The normalized spacial score (nSPS) is 20.4. The van der Waals surface area contributed by atoms with Gasteiger partial charge in [0, 0.05) is 19.6 Å². The first-order chi connectivity index (χ1) is 12.3. The van der Waals surface area contributed by atoms with Gasteiger partial charge in [-0.05, 0) is 18.9 Å². The Balaban J connectivity index is 1.48. The van der Waals surface area contributed by atoms with E-state index in [1.54, 1.807) is 10.8 Å². The molecular weight excluding hydrogens is 320 g/mol. The molecule has 130 valence electrons. The molecule has 0 bridgehead atoms. The summed E-state index contributed by atoms with van der Waals surface area (Å²) in [6.45, 7) is 5.21. The number of hydrogen-bond donors (Lipinski definition) is 0. The van der Waals surface area contributed by atoms with Crippen LogP contribution in [0.1, 0.15) is 42.3 Å². The second-order valence-corrected chi connectivity index (χ2v) is 6.63. The van der Waals surface area contributed by atoms with Crippen molar-refractivity contribution >= 4 is 11.3 Å². The van der Waals surface area contributed by atoms with Crippen molar-refractivity contribution in [2.24, 2.45) is 0 Å². The number of nitrogens with zero attached hydrogens (tertiary/aromatic N) is 6. The lowest BCUT2D eigenvalue weighted by atomic mass is 10.1. The molecule has 3 aromatic heterocycles. The molecule has 0 N–H and O–H groups in total. The van der Waals surface area contributed by atoms with Crippen LogP contribution in [0.15, 0.2) is 16.8 Å². The Kier molecular flexibility index (Phi) is 3.44. The van der Waals surface area contributed by atoms with Gasteiger partial charge in [-0.25, -0.2) is 4.98 Å². The summed E-state index contributed by atoms with van der Waals surface area (Å²) in [5, 5.41) is 12.8. The van der Waals surface area contributed by atoms with Crippen LogP contribution in [0.4, 0.5) is 5.69 Å². The molecule has 0 radical (unpaired) electrons. The maximum absolute atomic E-state index is 6.03. The van der Waals surface area contributed by atoms with Crippen molar-refractivity contribution in [2.75, 3.05) is 24.7 Å². The minimum atomic E-state index is 0.301. The Morgan fingerprint density at radius 2 is 2.32 bits per heavy atom. The molecule has 0 aromatic carbocycles. The average molecular weight is 340 g/mol. The molecule has 8 heteroatoms. The van der Waals surface area contributed by atoms with E-state index in [2.05, 4.69) is 33.2 Å². The van der Waals surface area contributed by atoms with Crippen LogP contribution in [-0.2, 0) is 24.1 Å². The van der Waals surface area contributed by atoms with Crippen LogP contribution < -0.4 is 4.90 Å². The van der Waals surface area contributed by atoms with Crippen LogP contribution >= 0.6 is 0 Å². The van der Waals surface area contributed by atoms with Gasteiger partial charge in [-0.2, -0.15) is 9.61 Å². The van der Waals surface area contributed by atoms with Crippen LogP contribution in [0, 0.1) is 0 Å². The number of rotatable bonds is 3. The van der Waals surface area contributed by atoms with Crippen LogP contribution in [0.25, 0.3) is 5.65 Å². The second-order valence-electron chi connectivity index (χ2n) is 6.63. The number of fused-ring (bicyclic) bond motifs is 2. The third kappa shape index (κ3) is 2.48. The van der Waals surface area contributed by atoms with Crippen molar-refractivity contribution in [3.05, 3.63) is 35.4 Å². The molecule has 0 saturated carbocycles. The molecular formula is C17H20N6O2. The Morgan fingerprint density at radius 3 is 3.16 bits per heavy atom. The first kappa shape index (κ1) is 14.8. The number of aryl methyl sites for hydroxylation is 1. The molecule has 1 unspecified atom stereocenters. The lowest BCUT2D eigenvalue weighted by Crippen LogP contribution is -2.30. The molecule has 25 heavy (non-hydrogen) atoms. The van der Waals surface area contributed by atoms with E-state index in [0.29, 0.717) is 12.5 Å². The van der Waals surface area contributed by atoms with Crippen LogP contribution in [-0.4, -0.2) is 44.6 Å². The van der Waals surface area contributed by atoms with E-state index in [-0.39, 0.29) is 0 Å². The summed E-state index contributed by atoms with van der Waals surface area (Å²) in [5.74, 6) is 2.15. The summed E-state index contributed by atoms with van der Waals surface area (Å²) >= 11 is 0. The number of hydrogen-bond acceptors (Lipinski definition) is 7. The van der Waals surface area contributed by atoms with Gasteiger partial charge in [0.2, 0.25) is 5.65 Å². The first-order valence-electron chi connectivity index (χ1n) is 8.83. The lowest BCUT2D eigenvalue weighted by molar-refractivity contribution is 0.190. The van der Waals surface area contributed by atoms with Gasteiger partial charge in [0.1, 0.15) is 17.8 Å². The molecule has 1 atom stereocenters. The van der Waals surface area contributed by atoms with E-state index in [4.69, 9.17) is 14.1 Å². The number of ether oxygens (including phenoxy) is 1. The van der Waals surface area contributed by atoms with Gasteiger partial charge in [0.15, 0.2) is 5.89 Å². The summed E-state index contributed by atoms with van der Waals surface area (Å²) in [6, 6.07) is 2.11. The maximum atomic E-state index is 6.03. The summed E-state index contributed by atoms with van der Waals surface area (Å²) in [4.78, 5) is 7.07. The number of anilines is 1. The van der Waals surface area contributed by atoms with Gasteiger partial charge < -0.3 is 14.1 Å². The molecule has 5 heterocycles. The van der Waals surface area contributed by atoms with Gasteiger partial charge in [-0.1, -0.05) is 6.92 Å². The van der Waals surface area contributed by atoms with E-state index in [9.17, 15) is 0 Å². The fourth-order valence-electron chi connectivity index (χ4n) is 3.59. The van der Waals surface area contributed by atoms with E-state index in [1.807, 2.05) is 0 Å². The van der Waals surface area contributed by atoms with Crippen molar-refractivity contribution in [2.45, 2.75) is 38.6 Å². The third-order valence-corrected chi connectivity index (χ3v) is 5.03. The Labute approximate surface area is 144 Å². The van der Waals surface area contributed by atoms with Gasteiger partial charge in [-0.15, -0.1) is 10.2 Å². The van der Waals surface area contributed by atoms with E-state index < -0.39 is 0 Å². The highest BCUT2D eigenvalue weighted by molar-refractivity contribution is 5.68. The zero-order valence-electron chi connectivity index (χ0n) is 14.2. The molecule has 1 fully saturated rings. The predicted octanol–water partition coefficient (Wildman–Crippen LogP) is 1.74. The van der Waals surface area contributed by atoms with Crippen molar-refractivity contribution in [1.29, 1.82) is 0 Å². The second kappa shape index (κ2) is 5.80. The van der Waals surface area contributed by atoms with Crippen LogP contribution in [0.3, 0.4) is 0 Å². The average Bonchev–Trinajstić information content (AvgIpc) is 3.39. The standard InChI is InChI=1S/C17H20N6O2/c1-2-12-7-14(16-20-18-10-23(16)21-12)22-5-3-15-13(8-22)19-17(25-15)11-4-6-24-9-11/h7,10-11H,2-6,8-9H2,1H3. The molecule has 8 nitrogen and oxygen atoms in total. The Hall–Kier alpha value is -2.48. The van der Waals surface area contributed by atoms with Gasteiger partial charge >= 0.3 is 0 Å². The quantitative estimate of drug-likeness (QED) is 0.718. The summed E-state index contributed by atoms with van der Waals surface area (Å²) < 4.78 is 13.2. The highest BCUT2D eigenvalue weighted by Gasteiger charge is 2.29. The zero-order chi connectivity index (χ0) is 16.8. The van der Waals surface area contributed by atoms with Crippen LogP contribution in [0.2, 0.25) is 0 Å². The van der Waals surface area contributed by atoms with E-state index in [0.717, 1.165) is 73.3 Å². The van der Waals surface area contributed by atoms with Crippen LogP contribution in [0.5, 0.6) is 0 Å². The molecule has 0 amide bonds. The van der Waals surface area contributed by atoms with E-state index in [1.165, 1.54) is 0 Å². The fraction of sp³-hybridized carbons (Fsp3) is 0.529. The molecule has 0 aliphatic carbocycles. The highest BCUT2D eigenvalue weighted by Crippen LogP contribution is 2.31. The smallest absolute Gasteiger partial charge is 0.200 e. The largest absolute Gasteiger partial charge is 0.445 e. The van der Waals surface area contributed by atoms with Crippen molar-refractivity contribution in [1.82, 2.24) is 24.8 Å². The summed E-state index contributed by atoms with van der Waals surface area (Å²) in [6.07, 6.45) is 4.37.